The number of fused-ring (bicyclic) bond motifs is 1. The summed E-state index contributed by atoms with van der Waals surface area (Å²) in [4.78, 5) is 25.7. The smallest absolute Gasteiger partial charge is 0.253 e. The zero-order valence-electron chi connectivity index (χ0n) is 15.3. The molecule has 1 aromatic carbocycles. The Morgan fingerprint density at radius 3 is 2.54 bits per heavy atom. The molecule has 2 aromatic heterocycles. The fourth-order valence-corrected chi connectivity index (χ4v) is 3.38. The third-order valence-electron chi connectivity index (χ3n) is 5.13. The summed E-state index contributed by atoms with van der Waals surface area (Å²) < 4.78 is 1.75. The van der Waals surface area contributed by atoms with Gasteiger partial charge in [0.1, 0.15) is 12.1 Å². The first kappa shape index (κ1) is 16.5. The van der Waals surface area contributed by atoms with Crippen molar-refractivity contribution in [1.29, 1.82) is 0 Å². The van der Waals surface area contributed by atoms with Gasteiger partial charge in [-0.1, -0.05) is 6.07 Å². The molecule has 7 heteroatoms. The average molecular weight is 350 g/mol. The van der Waals surface area contributed by atoms with Crippen molar-refractivity contribution in [3.05, 3.63) is 47.4 Å². The number of aryl methyl sites for hydroxylation is 3. The first-order chi connectivity index (χ1) is 12.5. The van der Waals surface area contributed by atoms with Gasteiger partial charge in [-0.15, -0.1) is 0 Å². The lowest BCUT2D eigenvalue weighted by atomic mass is 10.1. The van der Waals surface area contributed by atoms with Crippen LogP contribution in [0.3, 0.4) is 0 Å². The number of hydrogen-bond acceptors (Lipinski definition) is 5. The molecule has 0 spiro atoms. The van der Waals surface area contributed by atoms with E-state index in [0.29, 0.717) is 13.1 Å². The third kappa shape index (κ3) is 2.79. The van der Waals surface area contributed by atoms with Crippen LogP contribution in [0.25, 0.3) is 11.0 Å². The van der Waals surface area contributed by atoms with Crippen molar-refractivity contribution < 1.29 is 4.79 Å². The molecule has 0 bridgehead atoms. The van der Waals surface area contributed by atoms with E-state index in [1.165, 1.54) is 5.56 Å². The summed E-state index contributed by atoms with van der Waals surface area (Å²) >= 11 is 0. The minimum Gasteiger partial charge on any atom is -0.352 e. The monoisotopic (exact) mass is 350 g/mol. The van der Waals surface area contributed by atoms with Gasteiger partial charge in [0, 0.05) is 38.8 Å². The highest BCUT2D eigenvalue weighted by molar-refractivity contribution is 5.95. The van der Waals surface area contributed by atoms with Crippen molar-refractivity contribution in [2.45, 2.75) is 13.8 Å². The van der Waals surface area contributed by atoms with Crippen molar-refractivity contribution in [2.75, 3.05) is 31.1 Å². The Balaban J connectivity index is 1.50. The van der Waals surface area contributed by atoms with Crippen LogP contribution in [0.4, 0.5) is 5.82 Å². The first-order valence-corrected chi connectivity index (χ1v) is 8.79. The van der Waals surface area contributed by atoms with E-state index in [0.717, 1.165) is 41.1 Å². The van der Waals surface area contributed by atoms with Crippen molar-refractivity contribution in [3.8, 4) is 0 Å². The van der Waals surface area contributed by atoms with Crippen molar-refractivity contribution in [2.24, 2.45) is 7.05 Å². The van der Waals surface area contributed by atoms with Gasteiger partial charge in [-0.3, -0.25) is 9.48 Å². The Kier molecular flexibility index (Phi) is 4.06. The van der Waals surface area contributed by atoms with E-state index < -0.39 is 0 Å². The third-order valence-corrected chi connectivity index (χ3v) is 5.13. The van der Waals surface area contributed by atoms with Gasteiger partial charge in [0.25, 0.3) is 5.91 Å². The number of rotatable bonds is 2. The maximum Gasteiger partial charge on any atom is 0.253 e. The number of benzene rings is 1. The number of hydrogen-bond donors (Lipinski definition) is 0. The maximum absolute atomic E-state index is 12.8. The van der Waals surface area contributed by atoms with Gasteiger partial charge < -0.3 is 9.80 Å². The first-order valence-electron chi connectivity index (χ1n) is 8.79. The summed E-state index contributed by atoms with van der Waals surface area (Å²) in [6.45, 7) is 6.95. The van der Waals surface area contributed by atoms with Crippen LogP contribution in [0, 0.1) is 13.8 Å². The predicted molar refractivity (Wildman–Crippen MR) is 100 cm³/mol. The van der Waals surface area contributed by atoms with E-state index in [-0.39, 0.29) is 5.91 Å². The fraction of sp³-hybridized carbons (Fsp3) is 0.368. The van der Waals surface area contributed by atoms with Crippen molar-refractivity contribution in [1.82, 2.24) is 24.6 Å². The molecule has 4 rings (SSSR count). The molecule has 0 N–H and O–H groups in total. The summed E-state index contributed by atoms with van der Waals surface area (Å²) in [7, 11) is 1.87. The zero-order valence-corrected chi connectivity index (χ0v) is 15.3. The molecule has 7 nitrogen and oxygen atoms in total. The molecule has 3 heterocycles. The molecule has 1 aliphatic heterocycles. The predicted octanol–water partition coefficient (Wildman–Crippen LogP) is 1.94. The average Bonchev–Trinajstić information content (AvgIpc) is 3.05. The quantitative estimate of drug-likeness (QED) is 0.707. The van der Waals surface area contributed by atoms with Gasteiger partial charge in [0.2, 0.25) is 0 Å². The van der Waals surface area contributed by atoms with Gasteiger partial charge in [-0.05, 0) is 37.1 Å². The summed E-state index contributed by atoms with van der Waals surface area (Å²) in [6, 6.07) is 5.91. The van der Waals surface area contributed by atoms with E-state index in [1.54, 1.807) is 17.2 Å². The van der Waals surface area contributed by atoms with Crippen LogP contribution >= 0.6 is 0 Å². The van der Waals surface area contributed by atoms with E-state index in [4.69, 9.17) is 0 Å². The second kappa shape index (κ2) is 6.40. The molecular weight excluding hydrogens is 328 g/mol. The summed E-state index contributed by atoms with van der Waals surface area (Å²) in [5.74, 6) is 0.989. The topological polar surface area (TPSA) is 67.2 Å². The maximum atomic E-state index is 12.8. The van der Waals surface area contributed by atoms with Crippen LogP contribution in [0.2, 0.25) is 0 Å². The number of carbonyl (C=O) groups is 1. The Hall–Kier alpha value is -2.96. The molecule has 0 saturated carbocycles. The minimum absolute atomic E-state index is 0.0990. The van der Waals surface area contributed by atoms with Gasteiger partial charge in [-0.25, -0.2) is 9.97 Å². The van der Waals surface area contributed by atoms with Crippen molar-refractivity contribution >= 4 is 22.8 Å². The number of anilines is 1. The normalized spacial score (nSPS) is 14.9. The van der Waals surface area contributed by atoms with Gasteiger partial charge >= 0.3 is 0 Å². The van der Waals surface area contributed by atoms with Crippen molar-refractivity contribution in [3.63, 3.8) is 0 Å². The van der Waals surface area contributed by atoms with Crippen LogP contribution in [0.5, 0.6) is 0 Å². The lowest BCUT2D eigenvalue weighted by molar-refractivity contribution is 0.0746. The molecule has 134 valence electrons. The molecular formula is C19H22N6O. The zero-order chi connectivity index (χ0) is 18.3. The fourth-order valence-electron chi connectivity index (χ4n) is 3.38. The summed E-state index contributed by atoms with van der Waals surface area (Å²) in [5, 5.41) is 5.22. The Morgan fingerprint density at radius 2 is 1.81 bits per heavy atom. The van der Waals surface area contributed by atoms with Gasteiger partial charge in [-0.2, -0.15) is 5.10 Å². The van der Waals surface area contributed by atoms with Crippen LogP contribution in [0.15, 0.2) is 30.7 Å². The molecule has 1 aliphatic rings. The molecule has 1 amide bonds. The second-order valence-electron chi connectivity index (χ2n) is 6.78. The highest BCUT2D eigenvalue weighted by atomic mass is 16.2. The van der Waals surface area contributed by atoms with Gasteiger partial charge in [0.05, 0.1) is 11.6 Å². The molecule has 0 unspecified atom stereocenters. The van der Waals surface area contributed by atoms with E-state index >= 15 is 0 Å². The molecule has 3 aromatic rings. The Bertz CT molecular complexity index is 971. The van der Waals surface area contributed by atoms with Crippen LogP contribution in [-0.4, -0.2) is 56.7 Å². The number of piperazine rings is 1. The minimum atomic E-state index is 0.0990. The second-order valence-corrected chi connectivity index (χ2v) is 6.78. The summed E-state index contributed by atoms with van der Waals surface area (Å²) in [6.07, 6.45) is 3.38. The number of nitrogens with zero attached hydrogens (tertiary/aromatic N) is 6. The molecule has 0 radical (unpaired) electrons. The molecule has 1 fully saturated rings. The SMILES string of the molecule is Cc1ccc(C(=O)N2CCN(c3ncnc4c3cnn4C)CC2)cc1C. The van der Waals surface area contributed by atoms with Crippen LogP contribution in [-0.2, 0) is 7.05 Å². The number of aromatic nitrogens is 4. The molecule has 1 saturated heterocycles. The largest absolute Gasteiger partial charge is 0.352 e. The van der Waals surface area contributed by atoms with E-state index in [9.17, 15) is 4.79 Å². The molecule has 0 aliphatic carbocycles. The lowest BCUT2D eigenvalue weighted by Gasteiger charge is -2.35. The summed E-state index contributed by atoms with van der Waals surface area (Å²) in [5.41, 5.74) is 3.94. The Labute approximate surface area is 152 Å². The van der Waals surface area contributed by atoms with Crippen LogP contribution in [0.1, 0.15) is 21.5 Å². The molecule has 0 atom stereocenters. The van der Waals surface area contributed by atoms with Gasteiger partial charge in [0.15, 0.2) is 5.65 Å². The number of carbonyl (C=O) groups excluding carboxylic acids is 1. The standard InChI is InChI=1S/C19H22N6O/c1-13-4-5-15(10-14(13)2)19(26)25-8-6-24(7-9-25)18-16-11-22-23(3)17(16)20-12-21-18/h4-5,10-12H,6-9H2,1-3H3. The highest BCUT2D eigenvalue weighted by Gasteiger charge is 2.24. The highest BCUT2D eigenvalue weighted by Crippen LogP contribution is 2.23. The van der Waals surface area contributed by atoms with Crippen LogP contribution < -0.4 is 4.90 Å². The van der Waals surface area contributed by atoms with E-state index in [1.807, 2.05) is 37.1 Å². The Morgan fingerprint density at radius 1 is 1.04 bits per heavy atom. The molecule has 26 heavy (non-hydrogen) atoms. The number of amides is 1. The lowest BCUT2D eigenvalue weighted by Crippen LogP contribution is -2.49. The van der Waals surface area contributed by atoms with E-state index in [2.05, 4.69) is 26.9 Å².